The summed E-state index contributed by atoms with van der Waals surface area (Å²) in [4.78, 5) is 4.70. The lowest BCUT2D eigenvalue weighted by molar-refractivity contribution is 0.310. The summed E-state index contributed by atoms with van der Waals surface area (Å²) in [6, 6.07) is 13.8. The van der Waals surface area contributed by atoms with Crippen molar-refractivity contribution in [3.63, 3.8) is 0 Å². The summed E-state index contributed by atoms with van der Waals surface area (Å²) in [5.41, 5.74) is 2.68. The number of para-hydroxylation sites is 1. The topological polar surface area (TPSA) is 40.6 Å². The molecular weight excluding hydrogens is 394 g/mol. The molecule has 0 aliphatic rings. The maximum absolute atomic E-state index is 5.65. The Kier molecular flexibility index (Phi) is 5.78. The summed E-state index contributed by atoms with van der Waals surface area (Å²) >= 11 is 3.58. The van der Waals surface area contributed by atoms with Gasteiger partial charge in [0.15, 0.2) is 11.5 Å². The molecule has 3 aromatic rings. The average molecular weight is 414 g/mol. The van der Waals surface area contributed by atoms with Crippen LogP contribution in [-0.2, 0) is 0 Å². The fourth-order valence-electron chi connectivity index (χ4n) is 2.67. The Hall–Kier alpha value is -2.53. The van der Waals surface area contributed by atoms with Crippen molar-refractivity contribution in [1.82, 2.24) is 4.98 Å². The highest BCUT2D eigenvalue weighted by Gasteiger charge is 2.09. The van der Waals surface area contributed by atoms with E-state index < -0.39 is 0 Å². The van der Waals surface area contributed by atoms with Gasteiger partial charge in [-0.05, 0) is 42.8 Å². The first-order valence-corrected chi connectivity index (χ1v) is 9.07. The second-order valence-electron chi connectivity index (χ2n) is 5.56. The van der Waals surface area contributed by atoms with Crippen LogP contribution in [-0.4, -0.2) is 25.8 Å². The second kappa shape index (κ2) is 8.23. The third kappa shape index (κ3) is 3.83. The van der Waals surface area contributed by atoms with E-state index in [4.69, 9.17) is 19.2 Å². The molecule has 1 aromatic heterocycles. The predicted molar refractivity (Wildman–Crippen MR) is 109 cm³/mol. The fraction of sp³-hybridized carbons (Fsp3) is 0.190. The molecule has 0 spiro atoms. The minimum Gasteiger partial charge on any atom is -0.494 e. The van der Waals surface area contributed by atoms with Crippen LogP contribution in [0.5, 0.6) is 17.2 Å². The van der Waals surface area contributed by atoms with Crippen LogP contribution in [0.2, 0.25) is 0 Å². The van der Waals surface area contributed by atoms with Crippen molar-refractivity contribution >= 4 is 39.0 Å². The first-order valence-electron chi connectivity index (χ1n) is 8.28. The fourth-order valence-corrected chi connectivity index (χ4v) is 3.13. The van der Waals surface area contributed by atoms with Crippen molar-refractivity contribution < 1.29 is 14.2 Å². The zero-order valence-corrected chi connectivity index (χ0v) is 16.5. The molecule has 5 heteroatoms. The maximum atomic E-state index is 5.65. The normalized spacial score (nSPS) is 11.1. The largest absolute Gasteiger partial charge is 0.494 e. The quantitative estimate of drug-likeness (QED) is 0.528. The van der Waals surface area contributed by atoms with Gasteiger partial charge in [0.05, 0.1) is 26.5 Å². The summed E-state index contributed by atoms with van der Waals surface area (Å²) in [6.45, 7) is 2.52. The standard InChI is InChI=1S/C21H20BrNO3/c1-4-26-20-12-15(17(22)13-19(20)25-3)9-11-16-10-8-14-6-5-7-18(24-2)21(14)23-16/h5-13H,4H2,1-3H3/b11-9+. The summed E-state index contributed by atoms with van der Waals surface area (Å²) in [5.74, 6) is 2.18. The third-order valence-corrected chi connectivity index (χ3v) is 4.63. The predicted octanol–water partition coefficient (Wildman–Crippen LogP) is 5.58. The van der Waals surface area contributed by atoms with Crippen molar-refractivity contribution in [3.8, 4) is 17.2 Å². The molecule has 2 aromatic carbocycles. The zero-order chi connectivity index (χ0) is 18.5. The van der Waals surface area contributed by atoms with E-state index in [0.29, 0.717) is 18.1 Å². The Morgan fingerprint density at radius 2 is 1.77 bits per heavy atom. The van der Waals surface area contributed by atoms with Crippen LogP contribution in [0.4, 0.5) is 0 Å². The van der Waals surface area contributed by atoms with Crippen LogP contribution in [0.15, 0.2) is 46.9 Å². The van der Waals surface area contributed by atoms with Crippen molar-refractivity contribution in [2.75, 3.05) is 20.8 Å². The van der Waals surface area contributed by atoms with E-state index in [2.05, 4.69) is 15.9 Å². The SMILES string of the molecule is CCOc1cc(/C=C/c2ccc3cccc(OC)c3n2)c(Br)cc1OC. The molecule has 0 amide bonds. The maximum Gasteiger partial charge on any atom is 0.161 e. The Morgan fingerprint density at radius 3 is 2.50 bits per heavy atom. The number of nitrogens with zero attached hydrogens (tertiary/aromatic N) is 1. The van der Waals surface area contributed by atoms with Crippen LogP contribution in [0.25, 0.3) is 23.1 Å². The van der Waals surface area contributed by atoms with Gasteiger partial charge in [-0.25, -0.2) is 4.98 Å². The monoisotopic (exact) mass is 413 g/mol. The Labute approximate surface area is 161 Å². The highest BCUT2D eigenvalue weighted by atomic mass is 79.9. The van der Waals surface area contributed by atoms with E-state index in [-0.39, 0.29) is 0 Å². The Morgan fingerprint density at radius 1 is 0.962 bits per heavy atom. The third-order valence-electron chi connectivity index (χ3n) is 3.94. The van der Waals surface area contributed by atoms with Crippen molar-refractivity contribution in [1.29, 1.82) is 0 Å². The highest BCUT2D eigenvalue weighted by molar-refractivity contribution is 9.10. The van der Waals surface area contributed by atoms with Gasteiger partial charge in [-0.15, -0.1) is 0 Å². The summed E-state index contributed by atoms with van der Waals surface area (Å²) in [6.07, 6.45) is 3.96. The molecule has 0 saturated heterocycles. The van der Waals surface area contributed by atoms with Gasteiger partial charge in [0.1, 0.15) is 11.3 Å². The molecule has 0 radical (unpaired) electrons. The minimum absolute atomic E-state index is 0.577. The molecule has 0 aliphatic heterocycles. The van der Waals surface area contributed by atoms with Gasteiger partial charge in [-0.2, -0.15) is 0 Å². The number of pyridine rings is 1. The smallest absolute Gasteiger partial charge is 0.161 e. The molecular formula is C21H20BrNO3. The number of fused-ring (bicyclic) bond motifs is 1. The van der Waals surface area contributed by atoms with E-state index >= 15 is 0 Å². The van der Waals surface area contributed by atoms with Gasteiger partial charge in [0.2, 0.25) is 0 Å². The molecule has 0 aliphatic carbocycles. The van der Waals surface area contributed by atoms with Gasteiger partial charge < -0.3 is 14.2 Å². The molecule has 0 unspecified atom stereocenters. The second-order valence-corrected chi connectivity index (χ2v) is 6.41. The molecule has 3 rings (SSSR count). The van der Waals surface area contributed by atoms with E-state index in [9.17, 15) is 0 Å². The van der Waals surface area contributed by atoms with Gasteiger partial charge in [0.25, 0.3) is 0 Å². The Balaban J connectivity index is 1.97. The highest BCUT2D eigenvalue weighted by Crippen LogP contribution is 2.34. The molecule has 0 fully saturated rings. The lowest BCUT2D eigenvalue weighted by atomic mass is 10.1. The number of benzene rings is 2. The van der Waals surface area contributed by atoms with E-state index in [0.717, 1.165) is 32.4 Å². The van der Waals surface area contributed by atoms with Gasteiger partial charge in [-0.3, -0.25) is 0 Å². The number of hydrogen-bond donors (Lipinski definition) is 0. The van der Waals surface area contributed by atoms with Gasteiger partial charge in [0, 0.05) is 9.86 Å². The number of halogens is 1. The number of rotatable bonds is 6. The van der Waals surface area contributed by atoms with Crippen LogP contribution in [0, 0.1) is 0 Å². The lowest BCUT2D eigenvalue weighted by Crippen LogP contribution is -1.96. The molecule has 0 atom stereocenters. The zero-order valence-electron chi connectivity index (χ0n) is 15.0. The van der Waals surface area contributed by atoms with Crippen LogP contribution in [0.1, 0.15) is 18.2 Å². The Bertz CT molecular complexity index is 953. The number of ether oxygens (including phenoxy) is 3. The first-order chi connectivity index (χ1) is 12.7. The van der Waals surface area contributed by atoms with Crippen LogP contribution in [0.3, 0.4) is 0 Å². The van der Waals surface area contributed by atoms with E-state index in [1.807, 2.05) is 61.5 Å². The first kappa shape index (κ1) is 18.3. The number of hydrogen-bond acceptors (Lipinski definition) is 4. The molecule has 0 saturated carbocycles. The van der Waals surface area contributed by atoms with Gasteiger partial charge in [-0.1, -0.05) is 40.2 Å². The van der Waals surface area contributed by atoms with Gasteiger partial charge >= 0.3 is 0 Å². The number of aromatic nitrogens is 1. The molecule has 134 valence electrons. The van der Waals surface area contributed by atoms with Crippen LogP contribution >= 0.6 is 15.9 Å². The van der Waals surface area contributed by atoms with Crippen molar-refractivity contribution in [2.45, 2.75) is 6.92 Å². The molecule has 0 N–H and O–H groups in total. The minimum atomic E-state index is 0.577. The average Bonchev–Trinajstić information content (AvgIpc) is 2.67. The number of methoxy groups -OCH3 is 2. The molecule has 0 bridgehead atoms. The van der Waals surface area contributed by atoms with Crippen LogP contribution < -0.4 is 14.2 Å². The summed E-state index contributed by atoms with van der Waals surface area (Å²) < 4.78 is 17.3. The molecule has 1 heterocycles. The van der Waals surface area contributed by atoms with E-state index in [1.54, 1.807) is 14.2 Å². The van der Waals surface area contributed by atoms with Crippen molar-refractivity contribution in [3.05, 3.63) is 58.2 Å². The van der Waals surface area contributed by atoms with Crippen molar-refractivity contribution in [2.24, 2.45) is 0 Å². The van der Waals surface area contributed by atoms with E-state index in [1.165, 1.54) is 0 Å². The summed E-state index contributed by atoms with van der Waals surface area (Å²) in [5, 5.41) is 1.05. The molecule has 26 heavy (non-hydrogen) atoms. The summed E-state index contributed by atoms with van der Waals surface area (Å²) in [7, 11) is 3.29. The lowest BCUT2D eigenvalue weighted by Gasteiger charge is -2.11. The molecule has 4 nitrogen and oxygen atoms in total.